The highest BCUT2D eigenvalue weighted by Gasteiger charge is 2.27. The molecule has 1 N–H and O–H groups in total. The Balaban J connectivity index is 2.11. The van der Waals surface area contributed by atoms with Crippen LogP contribution in [-0.2, 0) is 10.0 Å². The molecule has 0 radical (unpaired) electrons. The van der Waals surface area contributed by atoms with Crippen molar-refractivity contribution >= 4 is 31.8 Å². The molecule has 0 aliphatic heterocycles. The number of hydrogen-bond donors (Lipinski definition) is 1. The molecule has 4 nitrogen and oxygen atoms in total. The van der Waals surface area contributed by atoms with Crippen molar-refractivity contribution < 1.29 is 8.42 Å². The van der Waals surface area contributed by atoms with Crippen molar-refractivity contribution in [2.75, 3.05) is 4.72 Å². The molecule has 94 valence electrons. The number of pyridine rings is 1. The molecular formula is C11H15BrN2O2S. The molecule has 17 heavy (non-hydrogen) atoms. The molecule has 0 spiro atoms. The number of nitrogens with one attached hydrogen (secondary N) is 1. The maximum absolute atomic E-state index is 12.1. The standard InChI is InChI=1S/C11H15BrN2O2S/c12-9-6-7-13-11(8-9)14-17(15,16)10-4-2-1-3-5-10/h6-8,10H,1-5H2,(H,13,14). The third-order valence-corrected chi connectivity index (χ3v) is 5.30. The zero-order valence-electron chi connectivity index (χ0n) is 9.39. The highest BCUT2D eigenvalue weighted by molar-refractivity contribution is 9.10. The predicted molar refractivity (Wildman–Crippen MR) is 71.4 cm³/mol. The third-order valence-electron chi connectivity index (χ3n) is 2.96. The maximum atomic E-state index is 12.1. The third kappa shape index (κ3) is 3.42. The van der Waals surface area contributed by atoms with E-state index >= 15 is 0 Å². The molecular weight excluding hydrogens is 304 g/mol. The second kappa shape index (κ2) is 5.35. The van der Waals surface area contributed by atoms with Crippen LogP contribution < -0.4 is 4.72 Å². The second-order valence-corrected chi connectivity index (χ2v) is 7.14. The topological polar surface area (TPSA) is 59.1 Å². The quantitative estimate of drug-likeness (QED) is 0.932. The fourth-order valence-corrected chi connectivity index (χ4v) is 3.92. The van der Waals surface area contributed by atoms with Crippen LogP contribution in [0.4, 0.5) is 5.82 Å². The minimum atomic E-state index is -3.29. The molecule has 0 saturated heterocycles. The van der Waals surface area contributed by atoms with Gasteiger partial charge in [-0.1, -0.05) is 35.2 Å². The van der Waals surface area contributed by atoms with Gasteiger partial charge in [0.05, 0.1) is 5.25 Å². The summed E-state index contributed by atoms with van der Waals surface area (Å²) in [4.78, 5) is 4.00. The number of hydrogen-bond acceptors (Lipinski definition) is 3. The number of nitrogens with zero attached hydrogens (tertiary/aromatic N) is 1. The molecule has 0 amide bonds. The van der Waals surface area contributed by atoms with Crippen LogP contribution in [0.2, 0.25) is 0 Å². The van der Waals surface area contributed by atoms with Crippen molar-refractivity contribution in [2.24, 2.45) is 0 Å². The highest BCUT2D eigenvalue weighted by Crippen LogP contribution is 2.25. The van der Waals surface area contributed by atoms with E-state index in [0.29, 0.717) is 5.82 Å². The Morgan fingerprint density at radius 2 is 2.00 bits per heavy atom. The summed E-state index contributed by atoms with van der Waals surface area (Å²) < 4.78 is 27.6. The van der Waals surface area contributed by atoms with Crippen LogP contribution >= 0.6 is 15.9 Å². The number of anilines is 1. The Bertz CT molecular complexity index is 484. The molecule has 2 rings (SSSR count). The summed E-state index contributed by atoms with van der Waals surface area (Å²) in [5, 5.41) is -0.267. The Hall–Kier alpha value is -0.620. The van der Waals surface area contributed by atoms with Gasteiger partial charge in [-0.15, -0.1) is 0 Å². The van der Waals surface area contributed by atoms with Crippen molar-refractivity contribution in [3.05, 3.63) is 22.8 Å². The molecule has 0 atom stereocenters. The summed E-state index contributed by atoms with van der Waals surface area (Å²) in [6, 6.07) is 3.43. The smallest absolute Gasteiger partial charge is 0.236 e. The lowest BCUT2D eigenvalue weighted by molar-refractivity contribution is 0.486. The minimum absolute atomic E-state index is 0.267. The van der Waals surface area contributed by atoms with E-state index in [-0.39, 0.29) is 5.25 Å². The van der Waals surface area contributed by atoms with Crippen LogP contribution in [0, 0.1) is 0 Å². The number of halogens is 1. The van der Waals surface area contributed by atoms with E-state index in [1.165, 1.54) is 0 Å². The molecule has 1 saturated carbocycles. The van der Waals surface area contributed by atoms with E-state index in [4.69, 9.17) is 0 Å². The molecule has 0 bridgehead atoms. The lowest BCUT2D eigenvalue weighted by Gasteiger charge is -2.22. The van der Waals surface area contributed by atoms with Gasteiger partial charge in [0.25, 0.3) is 0 Å². The Morgan fingerprint density at radius 1 is 1.29 bits per heavy atom. The van der Waals surface area contributed by atoms with Gasteiger partial charge >= 0.3 is 0 Å². The first kappa shape index (κ1) is 12.8. The molecule has 1 aromatic rings. The van der Waals surface area contributed by atoms with E-state index in [2.05, 4.69) is 25.6 Å². The molecule has 1 heterocycles. The van der Waals surface area contributed by atoms with Crippen LogP contribution in [0.1, 0.15) is 32.1 Å². The first-order chi connectivity index (χ1) is 8.08. The van der Waals surface area contributed by atoms with Gasteiger partial charge < -0.3 is 0 Å². The van der Waals surface area contributed by atoms with Gasteiger partial charge in [-0.25, -0.2) is 13.4 Å². The van der Waals surface area contributed by atoms with Crippen LogP contribution in [-0.4, -0.2) is 18.7 Å². The number of sulfonamides is 1. The summed E-state index contributed by atoms with van der Waals surface area (Å²) in [5.74, 6) is 0.380. The minimum Gasteiger partial charge on any atom is -0.267 e. The number of aromatic nitrogens is 1. The van der Waals surface area contributed by atoms with E-state index < -0.39 is 10.0 Å². The van der Waals surface area contributed by atoms with Crippen LogP contribution in [0.15, 0.2) is 22.8 Å². The second-order valence-electron chi connectivity index (χ2n) is 4.27. The Kier molecular flexibility index (Phi) is 4.04. The predicted octanol–water partition coefficient (Wildman–Crippen LogP) is 2.92. The first-order valence-corrected chi connectivity index (χ1v) is 8.05. The van der Waals surface area contributed by atoms with Gasteiger partial charge in [-0.3, -0.25) is 4.72 Å². The zero-order chi connectivity index (χ0) is 12.3. The first-order valence-electron chi connectivity index (χ1n) is 5.71. The van der Waals surface area contributed by atoms with Gasteiger partial charge in [0.2, 0.25) is 10.0 Å². The Labute approximate surface area is 110 Å². The molecule has 0 unspecified atom stereocenters. The molecule has 1 aliphatic rings. The summed E-state index contributed by atoms with van der Waals surface area (Å²) >= 11 is 3.29. The van der Waals surface area contributed by atoms with Crippen molar-refractivity contribution in [3.63, 3.8) is 0 Å². The average molecular weight is 319 g/mol. The summed E-state index contributed by atoms with van der Waals surface area (Å²) in [6.07, 6.45) is 6.21. The Morgan fingerprint density at radius 3 is 2.65 bits per heavy atom. The van der Waals surface area contributed by atoms with E-state index in [0.717, 1.165) is 36.6 Å². The SMILES string of the molecule is O=S(=O)(Nc1cc(Br)ccn1)C1CCCCC1. The van der Waals surface area contributed by atoms with Crippen molar-refractivity contribution in [2.45, 2.75) is 37.4 Å². The summed E-state index contributed by atoms with van der Waals surface area (Å²) in [5.41, 5.74) is 0. The van der Waals surface area contributed by atoms with Gasteiger partial charge in [-0.2, -0.15) is 0 Å². The molecule has 1 aromatic heterocycles. The molecule has 1 fully saturated rings. The lowest BCUT2D eigenvalue weighted by atomic mass is 10.0. The zero-order valence-corrected chi connectivity index (χ0v) is 11.8. The van der Waals surface area contributed by atoms with Crippen molar-refractivity contribution in [1.82, 2.24) is 4.98 Å². The molecule has 1 aliphatic carbocycles. The maximum Gasteiger partial charge on any atom is 0.236 e. The monoisotopic (exact) mass is 318 g/mol. The largest absolute Gasteiger partial charge is 0.267 e. The van der Waals surface area contributed by atoms with Gasteiger partial charge in [-0.05, 0) is 25.0 Å². The molecule has 6 heteroatoms. The number of rotatable bonds is 3. The van der Waals surface area contributed by atoms with Crippen LogP contribution in [0.5, 0.6) is 0 Å². The molecule has 0 aromatic carbocycles. The van der Waals surface area contributed by atoms with Gasteiger partial charge in [0, 0.05) is 10.7 Å². The van der Waals surface area contributed by atoms with Crippen LogP contribution in [0.25, 0.3) is 0 Å². The fraction of sp³-hybridized carbons (Fsp3) is 0.545. The van der Waals surface area contributed by atoms with E-state index in [1.807, 2.05) is 0 Å². The van der Waals surface area contributed by atoms with E-state index in [1.54, 1.807) is 18.3 Å². The fourth-order valence-electron chi connectivity index (χ4n) is 2.07. The van der Waals surface area contributed by atoms with Crippen molar-refractivity contribution in [1.29, 1.82) is 0 Å². The van der Waals surface area contributed by atoms with E-state index in [9.17, 15) is 8.42 Å². The lowest BCUT2D eigenvalue weighted by Crippen LogP contribution is -2.30. The summed E-state index contributed by atoms with van der Waals surface area (Å²) in [6.45, 7) is 0. The van der Waals surface area contributed by atoms with Gasteiger partial charge in [0.1, 0.15) is 5.82 Å². The van der Waals surface area contributed by atoms with Crippen LogP contribution in [0.3, 0.4) is 0 Å². The van der Waals surface area contributed by atoms with Gasteiger partial charge in [0.15, 0.2) is 0 Å². The highest BCUT2D eigenvalue weighted by atomic mass is 79.9. The summed E-state index contributed by atoms with van der Waals surface area (Å²) in [7, 11) is -3.29. The van der Waals surface area contributed by atoms with Crippen molar-refractivity contribution in [3.8, 4) is 0 Å². The average Bonchev–Trinajstić information content (AvgIpc) is 2.29. The normalized spacial score (nSPS) is 17.9.